The summed E-state index contributed by atoms with van der Waals surface area (Å²) in [4.78, 5) is 2.28. The first-order chi connectivity index (χ1) is 8.16. The summed E-state index contributed by atoms with van der Waals surface area (Å²) < 4.78 is 24.0. The monoisotopic (exact) mass is 260 g/mol. The number of hydrogen-bond donors (Lipinski definition) is 1. The normalized spacial score (nSPS) is 24.2. The van der Waals surface area contributed by atoms with E-state index in [1.165, 1.54) is 12.8 Å². The molecule has 2 fully saturated rings. The van der Waals surface area contributed by atoms with Gasteiger partial charge in [-0.2, -0.15) is 0 Å². The van der Waals surface area contributed by atoms with E-state index in [0.717, 1.165) is 45.6 Å². The predicted octanol–water partition coefficient (Wildman–Crippen LogP) is 0.497. The van der Waals surface area contributed by atoms with Crippen LogP contribution >= 0.6 is 0 Å². The van der Waals surface area contributed by atoms with E-state index in [4.69, 9.17) is 0 Å². The number of rotatable bonds is 5. The number of nitrogens with one attached hydrogen (secondary N) is 1. The molecule has 100 valence electrons. The van der Waals surface area contributed by atoms with Crippen molar-refractivity contribution in [3.63, 3.8) is 0 Å². The Morgan fingerprint density at radius 2 is 1.76 bits per heavy atom. The van der Waals surface area contributed by atoms with Crippen molar-refractivity contribution in [2.24, 2.45) is 5.92 Å². The smallest absolute Gasteiger partial charge is 0.151 e. The van der Waals surface area contributed by atoms with Gasteiger partial charge in [-0.05, 0) is 57.8 Å². The second kappa shape index (κ2) is 6.16. The summed E-state index contributed by atoms with van der Waals surface area (Å²) >= 11 is 0. The van der Waals surface area contributed by atoms with Gasteiger partial charge in [-0.15, -0.1) is 0 Å². The molecule has 0 saturated carbocycles. The van der Waals surface area contributed by atoms with Crippen molar-refractivity contribution in [1.82, 2.24) is 10.2 Å². The van der Waals surface area contributed by atoms with Gasteiger partial charge in [-0.3, -0.25) is 0 Å². The first-order valence-electron chi connectivity index (χ1n) is 6.79. The van der Waals surface area contributed by atoms with Gasteiger partial charge in [-0.1, -0.05) is 0 Å². The fourth-order valence-electron chi connectivity index (χ4n) is 2.77. The van der Waals surface area contributed by atoms with Gasteiger partial charge in [0.15, 0.2) is 9.84 Å². The molecule has 0 aliphatic carbocycles. The Morgan fingerprint density at radius 1 is 1.12 bits per heavy atom. The van der Waals surface area contributed by atoms with Crippen LogP contribution in [0.2, 0.25) is 0 Å². The zero-order valence-corrected chi connectivity index (χ0v) is 11.3. The maximum Gasteiger partial charge on any atom is 0.151 e. The number of hydrogen-bond acceptors (Lipinski definition) is 4. The molecule has 17 heavy (non-hydrogen) atoms. The highest BCUT2D eigenvalue weighted by Crippen LogP contribution is 2.15. The zero-order chi connectivity index (χ0) is 12.1. The van der Waals surface area contributed by atoms with Crippen LogP contribution in [0.4, 0.5) is 0 Å². The standard InChI is InChI=1S/C12H24N2O2S/c15-17(16,10-9-14-7-1-2-8-14)11-12-3-5-13-6-4-12/h12-13H,1-11H2. The van der Waals surface area contributed by atoms with E-state index < -0.39 is 9.84 Å². The molecule has 5 heteroatoms. The molecule has 2 rings (SSSR count). The lowest BCUT2D eigenvalue weighted by Gasteiger charge is -2.23. The molecule has 4 nitrogen and oxygen atoms in total. The van der Waals surface area contributed by atoms with Crippen molar-refractivity contribution >= 4 is 9.84 Å². The van der Waals surface area contributed by atoms with Crippen LogP contribution in [0.1, 0.15) is 25.7 Å². The fourth-order valence-corrected chi connectivity index (χ4v) is 4.52. The van der Waals surface area contributed by atoms with Crippen molar-refractivity contribution in [1.29, 1.82) is 0 Å². The van der Waals surface area contributed by atoms with E-state index in [9.17, 15) is 8.42 Å². The van der Waals surface area contributed by atoms with E-state index >= 15 is 0 Å². The second-order valence-corrected chi connectivity index (χ2v) is 7.59. The van der Waals surface area contributed by atoms with Gasteiger partial charge in [0.25, 0.3) is 0 Å². The molecule has 0 aromatic carbocycles. The number of piperidine rings is 1. The molecule has 0 radical (unpaired) electrons. The third-order valence-corrected chi connectivity index (χ3v) is 5.65. The second-order valence-electron chi connectivity index (χ2n) is 5.36. The van der Waals surface area contributed by atoms with Gasteiger partial charge >= 0.3 is 0 Å². The van der Waals surface area contributed by atoms with Crippen molar-refractivity contribution in [3.05, 3.63) is 0 Å². The van der Waals surface area contributed by atoms with Gasteiger partial charge in [0, 0.05) is 6.54 Å². The third-order valence-electron chi connectivity index (χ3n) is 3.87. The summed E-state index contributed by atoms with van der Waals surface area (Å²) in [5.41, 5.74) is 0. The molecular formula is C12H24N2O2S. The number of sulfone groups is 1. The largest absolute Gasteiger partial charge is 0.317 e. The maximum absolute atomic E-state index is 12.0. The van der Waals surface area contributed by atoms with Crippen LogP contribution in [0.15, 0.2) is 0 Å². The van der Waals surface area contributed by atoms with E-state index in [-0.39, 0.29) is 0 Å². The molecule has 2 saturated heterocycles. The Morgan fingerprint density at radius 3 is 2.41 bits per heavy atom. The maximum atomic E-state index is 12.0. The van der Waals surface area contributed by atoms with Crippen molar-refractivity contribution in [3.8, 4) is 0 Å². The molecule has 1 N–H and O–H groups in total. The highest BCUT2D eigenvalue weighted by Gasteiger charge is 2.22. The van der Waals surface area contributed by atoms with Crippen LogP contribution < -0.4 is 5.32 Å². The topological polar surface area (TPSA) is 49.4 Å². The molecule has 0 aromatic rings. The van der Waals surface area contributed by atoms with E-state index in [1.54, 1.807) is 0 Å². The Hall–Kier alpha value is -0.130. The molecule has 0 unspecified atom stereocenters. The Labute approximate surface area is 105 Å². The van der Waals surface area contributed by atoms with E-state index in [0.29, 0.717) is 17.4 Å². The lowest BCUT2D eigenvalue weighted by Crippen LogP contribution is -2.34. The summed E-state index contributed by atoms with van der Waals surface area (Å²) in [5, 5.41) is 3.27. The van der Waals surface area contributed by atoms with Crippen LogP contribution in [0.3, 0.4) is 0 Å². The van der Waals surface area contributed by atoms with Crippen LogP contribution in [0.5, 0.6) is 0 Å². The summed E-state index contributed by atoms with van der Waals surface area (Å²) in [7, 11) is -2.84. The van der Waals surface area contributed by atoms with Gasteiger partial charge in [-0.25, -0.2) is 8.42 Å². The van der Waals surface area contributed by atoms with Crippen LogP contribution in [-0.2, 0) is 9.84 Å². The Balaban J connectivity index is 1.73. The first kappa shape index (κ1) is 13.3. The Bertz CT molecular complexity index is 317. The molecule has 0 spiro atoms. The minimum absolute atomic E-state index is 0.358. The van der Waals surface area contributed by atoms with Gasteiger partial charge in [0.2, 0.25) is 0 Å². The Kier molecular flexibility index (Phi) is 4.82. The first-order valence-corrected chi connectivity index (χ1v) is 8.61. The average molecular weight is 260 g/mol. The van der Waals surface area contributed by atoms with Crippen LogP contribution in [0.25, 0.3) is 0 Å². The summed E-state index contributed by atoms with van der Waals surface area (Å²) in [6, 6.07) is 0. The lowest BCUT2D eigenvalue weighted by atomic mass is 10.0. The van der Waals surface area contributed by atoms with Gasteiger partial charge < -0.3 is 10.2 Å². The highest BCUT2D eigenvalue weighted by molar-refractivity contribution is 7.91. The van der Waals surface area contributed by atoms with Crippen molar-refractivity contribution in [2.75, 3.05) is 44.2 Å². The zero-order valence-electron chi connectivity index (χ0n) is 10.5. The van der Waals surface area contributed by atoms with Crippen LogP contribution in [-0.4, -0.2) is 57.5 Å². The van der Waals surface area contributed by atoms with Gasteiger partial charge in [0.05, 0.1) is 11.5 Å². The molecule has 2 heterocycles. The minimum atomic E-state index is -2.84. The lowest BCUT2D eigenvalue weighted by molar-refractivity contribution is 0.357. The quantitative estimate of drug-likeness (QED) is 0.782. The number of nitrogens with zero attached hydrogens (tertiary/aromatic N) is 1. The SMILES string of the molecule is O=S(=O)(CCN1CCCC1)CC1CCNCC1. The van der Waals surface area contributed by atoms with Gasteiger partial charge in [0.1, 0.15) is 0 Å². The minimum Gasteiger partial charge on any atom is -0.317 e. The van der Waals surface area contributed by atoms with Crippen LogP contribution in [0, 0.1) is 5.92 Å². The summed E-state index contributed by atoms with van der Waals surface area (Å²) in [5.74, 6) is 1.15. The predicted molar refractivity (Wildman–Crippen MR) is 69.9 cm³/mol. The molecule has 2 aliphatic heterocycles. The summed E-state index contributed by atoms with van der Waals surface area (Å²) in [6.45, 7) is 4.87. The third kappa shape index (κ3) is 4.56. The van der Waals surface area contributed by atoms with E-state index in [2.05, 4.69) is 10.2 Å². The van der Waals surface area contributed by atoms with E-state index in [1.807, 2.05) is 0 Å². The molecule has 0 aromatic heterocycles. The highest BCUT2D eigenvalue weighted by atomic mass is 32.2. The van der Waals surface area contributed by atoms with Crippen molar-refractivity contribution < 1.29 is 8.42 Å². The molecule has 0 bridgehead atoms. The molecule has 2 aliphatic rings. The fraction of sp³-hybridized carbons (Fsp3) is 1.00. The molecule has 0 amide bonds. The van der Waals surface area contributed by atoms with Crippen molar-refractivity contribution in [2.45, 2.75) is 25.7 Å². The summed E-state index contributed by atoms with van der Waals surface area (Å²) in [6.07, 6.45) is 4.49. The average Bonchev–Trinajstić information content (AvgIpc) is 2.80. The number of likely N-dealkylation sites (tertiary alicyclic amines) is 1. The molecular weight excluding hydrogens is 236 g/mol. The molecule has 0 atom stereocenters.